The monoisotopic (exact) mass is 328 g/mol. The van der Waals surface area contributed by atoms with E-state index in [-0.39, 0.29) is 16.7 Å². The number of hydrogen-bond acceptors (Lipinski definition) is 2. The van der Waals surface area contributed by atoms with Gasteiger partial charge in [-0.15, -0.1) is 0 Å². The highest BCUT2D eigenvalue weighted by atomic mass is 35.5. The summed E-state index contributed by atoms with van der Waals surface area (Å²) in [7, 11) is 0. The molecule has 0 radical (unpaired) electrons. The van der Waals surface area contributed by atoms with Gasteiger partial charge in [0.15, 0.2) is 0 Å². The summed E-state index contributed by atoms with van der Waals surface area (Å²) in [5.74, 6) is 0. The Kier molecular flexibility index (Phi) is 3.59. The molecule has 1 aromatic carbocycles. The van der Waals surface area contributed by atoms with Crippen molar-refractivity contribution in [3.05, 3.63) is 47.7 Å². The van der Waals surface area contributed by atoms with Crippen molar-refractivity contribution in [1.82, 2.24) is 9.97 Å². The number of rotatable bonds is 2. The molecule has 0 bridgehead atoms. The Labute approximate surface area is 127 Å². The molecule has 0 saturated heterocycles. The minimum atomic E-state index is -4.29. The van der Waals surface area contributed by atoms with Crippen molar-refractivity contribution in [2.24, 2.45) is 0 Å². The van der Waals surface area contributed by atoms with Gasteiger partial charge in [0, 0.05) is 39.4 Å². The van der Waals surface area contributed by atoms with E-state index in [9.17, 15) is 13.2 Å². The van der Waals surface area contributed by atoms with E-state index in [1.54, 1.807) is 24.4 Å². The third-order valence-electron chi connectivity index (χ3n) is 2.89. The van der Waals surface area contributed by atoms with E-state index >= 15 is 0 Å². The van der Waals surface area contributed by atoms with Crippen LogP contribution < -0.4 is 0 Å². The Morgan fingerprint density at radius 2 is 1.95 bits per heavy atom. The molecule has 3 aromatic rings. The first-order valence-corrected chi connectivity index (χ1v) is 7.10. The number of hydrogen-bond donors (Lipinski definition) is 1. The maximum absolute atomic E-state index is 12.4. The van der Waals surface area contributed by atoms with Gasteiger partial charge in [-0.1, -0.05) is 11.6 Å². The Hall–Kier alpha value is -1.66. The van der Waals surface area contributed by atoms with E-state index in [1.165, 1.54) is 18.3 Å². The second kappa shape index (κ2) is 5.27. The van der Waals surface area contributed by atoms with Gasteiger partial charge < -0.3 is 4.98 Å². The van der Waals surface area contributed by atoms with Crippen molar-refractivity contribution in [2.75, 3.05) is 0 Å². The number of aromatic amines is 1. The fourth-order valence-electron chi connectivity index (χ4n) is 2.05. The van der Waals surface area contributed by atoms with Crippen LogP contribution in [0.5, 0.6) is 0 Å². The number of thioether (sulfide) groups is 1. The molecule has 0 aliphatic carbocycles. The molecule has 2 nitrogen and oxygen atoms in total. The lowest BCUT2D eigenvalue weighted by molar-refractivity contribution is -0.0328. The summed E-state index contributed by atoms with van der Waals surface area (Å²) < 4.78 is 37.2. The second-order valence-corrected chi connectivity index (χ2v) is 5.88. The van der Waals surface area contributed by atoms with E-state index in [1.807, 2.05) is 0 Å². The van der Waals surface area contributed by atoms with Gasteiger partial charge in [-0.05, 0) is 42.1 Å². The lowest BCUT2D eigenvalue weighted by Crippen LogP contribution is -1.98. The van der Waals surface area contributed by atoms with E-state index < -0.39 is 5.51 Å². The molecule has 0 aliphatic rings. The van der Waals surface area contributed by atoms with Crippen LogP contribution in [0.1, 0.15) is 0 Å². The zero-order valence-corrected chi connectivity index (χ0v) is 12.0. The Bertz CT molecular complexity index is 798. The first-order valence-electron chi connectivity index (χ1n) is 5.91. The zero-order chi connectivity index (χ0) is 15.0. The van der Waals surface area contributed by atoms with Crippen LogP contribution in [0.15, 0.2) is 47.6 Å². The van der Waals surface area contributed by atoms with Crippen molar-refractivity contribution < 1.29 is 13.2 Å². The van der Waals surface area contributed by atoms with E-state index in [4.69, 9.17) is 11.6 Å². The molecule has 2 aromatic heterocycles. The number of nitrogens with one attached hydrogen (secondary N) is 1. The number of alkyl halides is 3. The number of fused-ring (bicyclic) bond motifs is 1. The van der Waals surface area contributed by atoms with Crippen molar-refractivity contribution in [3.63, 3.8) is 0 Å². The second-order valence-electron chi connectivity index (χ2n) is 4.34. The quantitative estimate of drug-likeness (QED) is 0.630. The van der Waals surface area contributed by atoms with Crippen LogP contribution in [0.25, 0.3) is 22.2 Å². The average molecular weight is 329 g/mol. The molecule has 108 valence electrons. The van der Waals surface area contributed by atoms with E-state index in [0.717, 1.165) is 16.8 Å². The van der Waals surface area contributed by atoms with Gasteiger partial charge in [0.05, 0.1) is 5.02 Å². The minimum Gasteiger partial charge on any atom is -0.354 e. The maximum atomic E-state index is 12.4. The van der Waals surface area contributed by atoms with Gasteiger partial charge in [0.25, 0.3) is 0 Å². The van der Waals surface area contributed by atoms with Gasteiger partial charge in [0.1, 0.15) is 0 Å². The average Bonchev–Trinajstić information content (AvgIpc) is 2.80. The molecule has 1 N–H and O–H groups in total. The highest BCUT2D eigenvalue weighted by Crippen LogP contribution is 2.38. The summed E-state index contributed by atoms with van der Waals surface area (Å²) in [6.07, 6.45) is 3.13. The molecular weight excluding hydrogens is 321 g/mol. The van der Waals surface area contributed by atoms with Gasteiger partial charge in [-0.3, -0.25) is 4.98 Å². The molecule has 0 unspecified atom stereocenters. The van der Waals surface area contributed by atoms with Crippen LogP contribution in [-0.2, 0) is 0 Å². The Morgan fingerprint density at radius 1 is 1.14 bits per heavy atom. The van der Waals surface area contributed by atoms with Gasteiger partial charge >= 0.3 is 5.51 Å². The summed E-state index contributed by atoms with van der Waals surface area (Å²) in [4.78, 5) is 7.20. The molecule has 0 spiro atoms. The number of halogens is 4. The fraction of sp³-hybridized carbons (Fsp3) is 0.0714. The molecule has 0 saturated carbocycles. The van der Waals surface area contributed by atoms with Gasteiger partial charge in [-0.25, -0.2) is 0 Å². The minimum absolute atomic E-state index is 0.126. The summed E-state index contributed by atoms with van der Waals surface area (Å²) >= 11 is 5.94. The molecule has 3 rings (SSSR count). The Balaban J connectivity index is 2.03. The molecule has 0 fully saturated rings. The van der Waals surface area contributed by atoms with E-state index in [2.05, 4.69) is 9.97 Å². The summed E-state index contributed by atoms with van der Waals surface area (Å²) in [6.45, 7) is 0. The highest BCUT2D eigenvalue weighted by molar-refractivity contribution is 8.00. The molecule has 7 heteroatoms. The lowest BCUT2D eigenvalue weighted by Gasteiger charge is -2.04. The third kappa shape index (κ3) is 3.16. The van der Waals surface area contributed by atoms with E-state index in [0.29, 0.717) is 10.4 Å². The first kappa shape index (κ1) is 14.3. The van der Waals surface area contributed by atoms with Crippen LogP contribution in [0.2, 0.25) is 5.02 Å². The molecule has 2 heterocycles. The number of nitrogens with zero attached hydrogens (tertiary/aromatic N) is 1. The van der Waals surface area contributed by atoms with Crippen LogP contribution in [0, 0.1) is 0 Å². The van der Waals surface area contributed by atoms with Gasteiger partial charge in [0.2, 0.25) is 0 Å². The molecule has 0 aliphatic heterocycles. The van der Waals surface area contributed by atoms with Crippen LogP contribution in [0.4, 0.5) is 13.2 Å². The molecule has 0 amide bonds. The van der Waals surface area contributed by atoms with Crippen LogP contribution in [-0.4, -0.2) is 15.5 Å². The maximum Gasteiger partial charge on any atom is 0.446 e. The number of aromatic nitrogens is 2. The smallest absolute Gasteiger partial charge is 0.354 e. The first-order chi connectivity index (χ1) is 9.92. The molecular formula is C14H8ClF3N2S. The normalized spacial score (nSPS) is 12.0. The predicted octanol–water partition coefficient (Wildman–Crippen LogP) is 5.50. The predicted molar refractivity (Wildman–Crippen MR) is 78.5 cm³/mol. The number of benzene rings is 1. The van der Waals surface area contributed by atoms with Crippen LogP contribution >= 0.6 is 23.4 Å². The van der Waals surface area contributed by atoms with Crippen molar-refractivity contribution in [1.29, 1.82) is 0 Å². The van der Waals surface area contributed by atoms with Crippen molar-refractivity contribution in [2.45, 2.75) is 10.4 Å². The molecule has 0 atom stereocenters. The fourth-order valence-corrected chi connectivity index (χ4v) is 2.86. The third-order valence-corrected chi connectivity index (χ3v) is 3.91. The number of H-pyrrole nitrogens is 1. The van der Waals surface area contributed by atoms with Gasteiger partial charge in [-0.2, -0.15) is 13.2 Å². The Morgan fingerprint density at radius 3 is 2.67 bits per heavy atom. The SMILES string of the molecule is FC(F)(F)Sc1ccc2[nH]c(-c3ccncc3Cl)cc2c1. The van der Waals surface area contributed by atoms with Crippen molar-refractivity contribution >= 4 is 34.3 Å². The largest absolute Gasteiger partial charge is 0.446 e. The standard InChI is InChI=1S/C14H8ClF3N2S/c15-11-7-19-4-3-10(11)13-6-8-5-9(21-14(16,17)18)1-2-12(8)20-13/h1-7,20H. The highest BCUT2D eigenvalue weighted by Gasteiger charge is 2.29. The molecule has 21 heavy (non-hydrogen) atoms. The summed E-state index contributed by atoms with van der Waals surface area (Å²) in [5, 5.41) is 1.18. The van der Waals surface area contributed by atoms with Crippen molar-refractivity contribution in [3.8, 4) is 11.3 Å². The number of pyridine rings is 1. The lowest BCUT2D eigenvalue weighted by atomic mass is 10.2. The zero-order valence-electron chi connectivity index (χ0n) is 10.4. The van der Waals surface area contributed by atoms with Crippen LogP contribution in [0.3, 0.4) is 0 Å². The topological polar surface area (TPSA) is 28.7 Å². The summed E-state index contributed by atoms with van der Waals surface area (Å²) in [6, 6.07) is 8.09. The summed E-state index contributed by atoms with van der Waals surface area (Å²) in [5.41, 5.74) is -2.04.